The van der Waals surface area contributed by atoms with E-state index in [0.29, 0.717) is 12.0 Å². The SMILES string of the molecule is O=C1CCC=CC1(O)C(=O)OCc1ccccc1O[C@@H]1[C@@H](O)[C@H](O)[C@@H](CO)O[C@H]1O. The Balaban J connectivity index is 1.71. The van der Waals surface area contributed by atoms with Crippen LogP contribution in [0, 0.1) is 0 Å². The molecule has 0 bridgehead atoms. The predicted molar refractivity (Wildman–Crippen MR) is 99.0 cm³/mol. The normalized spacial score (nSPS) is 33.9. The van der Waals surface area contributed by atoms with Crippen molar-refractivity contribution in [3.63, 3.8) is 0 Å². The lowest BCUT2D eigenvalue weighted by Gasteiger charge is -2.40. The minimum absolute atomic E-state index is 0.0242. The van der Waals surface area contributed by atoms with Crippen molar-refractivity contribution >= 4 is 11.8 Å². The number of aliphatic hydroxyl groups is 5. The second-order valence-corrected chi connectivity index (χ2v) is 7.13. The monoisotopic (exact) mass is 424 g/mol. The first kappa shape index (κ1) is 22.3. The summed E-state index contributed by atoms with van der Waals surface area (Å²) >= 11 is 0. The molecule has 1 saturated heterocycles. The van der Waals surface area contributed by atoms with Crippen LogP contribution in [0.25, 0.3) is 0 Å². The summed E-state index contributed by atoms with van der Waals surface area (Å²) in [4.78, 5) is 24.2. The third-order valence-electron chi connectivity index (χ3n) is 5.07. The fourth-order valence-corrected chi connectivity index (χ4v) is 3.27. The largest absolute Gasteiger partial charge is 0.482 e. The number of hydrogen-bond donors (Lipinski definition) is 5. The molecule has 6 atom stereocenters. The molecule has 2 aliphatic rings. The number of allylic oxidation sites excluding steroid dienone is 1. The van der Waals surface area contributed by atoms with Gasteiger partial charge in [0.15, 0.2) is 18.2 Å². The molecule has 1 aromatic rings. The number of benzene rings is 1. The average molecular weight is 424 g/mol. The molecule has 0 aromatic heterocycles. The Kier molecular flexibility index (Phi) is 6.86. The van der Waals surface area contributed by atoms with E-state index in [1.54, 1.807) is 18.2 Å². The first-order valence-electron chi connectivity index (χ1n) is 9.43. The van der Waals surface area contributed by atoms with E-state index in [-0.39, 0.29) is 18.8 Å². The summed E-state index contributed by atoms with van der Waals surface area (Å²) in [5.41, 5.74) is -2.01. The van der Waals surface area contributed by atoms with E-state index >= 15 is 0 Å². The van der Waals surface area contributed by atoms with Gasteiger partial charge in [0.1, 0.15) is 30.7 Å². The number of Topliss-reactive ketones (excluding diaryl/α,β-unsaturated/α-hetero) is 1. The fourth-order valence-electron chi connectivity index (χ4n) is 3.27. The summed E-state index contributed by atoms with van der Waals surface area (Å²) in [6, 6.07) is 6.24. The molecule has 5 N–H and O–H groups in total. The number of rotatable bonds is 6. The van der Waals surface area contributed by atoms with Gasteiger partial charge in [-0.2, -0.15) is 0 Å². The maximum atomic E-state index is 12.3. The number of aliphatic hydroxyl groups excluding tert-OH is 4. The standard InChI is InChI=1S/C20H24O10/c21-9-13-15(23)16(24)17(18(25)30-13)29-12-6-2-1-5-11(12)10-28-19(26)20(27)8-4-3-7-14(20)22/h1-2,4-6,8,13,15-18,21,23-25,27H,3,7,9-10H2/t13-,15-,16+,17-,18-,20?/m1/s1. The lowest BCUT2D eigenvalue weighted by Crippen LogP contribution is -2.60. The van der Waals surface area contributed by atoms with Gasteiger partial charge in [-0.3, -0.25) is 4.79 Å². The van der Waals surface area contributed by atoms with Crippen LogP contribution >= 0.6 is 0 Å². The molecule has 3 rings (SSSR count). The highest BCUT2D eigenvalue weighted by Gasteiger charge is 2.46. The number of ether oxygens (including phenoxy) is 3. The first-order valence-corrected chi connectivity index (χ1v) is 9.43. The van der Waals surface area contributed by atoms with E-state index < -0.39 is 54.7 Å². The van der Waals surface area contributed by atoms with Crippen LogP contribution in [-0.2, 0) is 25.7 Å². The number of esters is 1. The molecular formula is C20H24O10. The molecule has 0 spiro atoms. The molecule has 30 heavy (non-hydrogen) atoms. The summed E-state index contributed by atoms with van der Waals surface area (Å²) in [5.74, 6) is -1.66. The van der Waals surface area contributed by atoms with Crippen LogP contribution in [0.3, 0.4) is 0 Å². The van der Waals surface area contributed by atoms with Gasteiger partial charge in [0, 0.05) is 12.0 Å². The lowest BCUT2D eigenvalue weighted by atomic mass is 9.90. The Hall–Kier alpha value is -2.34. The van der Waals surface area contributed by atoms with Crippen molar-refractivity contribution in [3.8, 4) is 5.75 Å². The Labute approximate surface area is 171 Å². The van der Waals surface area contributed by atoms with Crippen molar-refractivity contribution in [1.82, 2.24) is 0 Å². The summed E-state index contributed by atoms with van der Waals surface area (Å²) in [5, 5.41) is 49.7. The Morgan fingerprint density at radius 3 is 2.63 bits per heavy atom. The second kappa shape index (κ2) is 9.21. The van der Waals surface area contributed by atoms with E-state index in [1.807, 2.05) is 0 Å². The van der Waals surface area contributed by atoms with Crippen molar-refractivity contribution in [2.45, 2.75) is 55.8 Å². The van der Waals surface area contributed by atoms with Gasteiger partial charge in [-0.05, 0) is 18.6 Å². The highest BCUT2D eigenvalue weighted by Crippen LogP contribution is 2.28. The highest BCUT2D eigenvalue weighted by molar-refractivity contribution is 6.09. The fraction of sp³-hybridized carbons (Fsp3) is 0.500. The molecule has 1 aromatic carbocycles. The second-order valence-electron chi connectivity index (χ2n) is 7.13. The van der Waals surface area contributed by atoms with Gasteiger partial charge in [0.05, 0.1) is 6.61 Å². The molecule has 0 radical (unpaired) electrons. The molecule has 1 fully saturated rings. The van der Waals surface area contributed by atoms with Crippen molar-refractivity contribution < 1.29 is 49.3 Å². The maximum absolute atomic E-state index is 12.3. The molecule has 0 amide bonds. The van der Waals surface area contributed by atoms with Gasteiger partial charge >= 0.3 is 5.97 Å². The van der Waals surface area contributed by atoms with Crippen LogP contribution in [0.5, 0.6) is 5.75 Å². The van der Waals surface area contributed by atoms with E-state index in [2.05, 4.69) is 0 Å². The molecule has 1 aliphatic carbocycles. The van der Waals surface area contributed by atoms with Crippen molar-refractivity contribution in [1.29, 1.82) is 0 Å². The Morgan fingerprint density at radius 1 is 1.20 bits per heavy atom. The van der Waals surface area contributed by atoms with Crippen LogP contribution in [0.2, 0.25) is 0 Å². The molecule has 10 heteroatoms. The summed E-state index contributed by atoms with van der Waals surface area (Å²) < 4.78 is 15.7. The van der Waals surface area contributed by atoms with Crippen LogP contribution in [0.15, 0.2) is 36.4 Å². The topological polar surface area (TPSA) is 163 Å². The average Bonchev–Trinajstić information content (AvgIpc) is 2.74. The molecule has 0 saturated carbocycles. The quantitative estimate of drug-likeness (QED) is 0.208. The third-order valence-corrected chi connectivity index (χ3v) is 5.07. The van der Waals surface area contributed by atoms with Crippen LogP contribution in [0.4, 0.5) is 0 Å². The molecule has 1 unspecified atom stereocenters. The number of hydrogen-bond acceptors (Lipinski definition) is 10. The van der Waals surface area contributed by atoms with Gasteiger partial charge in [-0.15, -0.1) is 0 Å². The van der Waals surface area contributed by atoms with Gasteiger partial charge < -0.3 is 39.7 Å². The van der Waals surface area contributed by atoms with Crippen molar-refractivity contribution in [2.24, 2.45) is 0 Å². The Morgan fingerprint density at radius 2 is 1.93 bits per heavy atom. The van der Waals surface area contributed by atoms with Crippen LogP contribution in [-0.4, -0.2) is 80.2 Å². The zero-order valence-electron chi connectivity index (χ0n) is 16.0. The number of carbonyl (C=O) groups is 2. The van der Waals surface area contributed by atoms with E-state index in [1.165, 1.54) is 12.1 Å². The van der Waals surface area contributed by atoms with Gasteiger partial charge in [0.2, 0.25) is 5.60 Å². The molecule has 164 valence electrons. The smallest absolute Gasteiger partial charge is 0.350 e. The summed E-state index contributed by atoms with van der Waals surface area (Å²) in [6.07, 6.45) is -4.16. The van der Waals surface area contributed by atoms with Crippen LogP contribution in [0.1, 0.15) is 18.4 Å². The molecule has 10 nitrogen and oxygen atoms in total. The van der Waals surface area contributed by atoms with E-state index in [9.17, 15) is 30.0 Å². The summed E-state index contributed by atoms with van der Waals surface area (Å²) in [6.45, 7) is -0.968. The molecule has 1 aliphatic heterocycles. The van der Waals surface area contributed by atoms with Crippen LogP contribution < -0.4 is 4.74 Å². The first-order chi connectivity index (χ1) is 14.3. The highest BCUT2D eigenvalue weighted by atomic mass is 16.7. The Bertz CT molecular complexity index is 809. The number of ketones is 1. The number of para-hydroxylation sites is 1. The van der Waals surface area contributed by atoms with Gasteiger partial charge in [-0.1, -0.05) is 24.3 Å². The molecular weight excluding hydrogens is 400 g/mol. The van der Waals surface area contributed by atoms with Gasteiger partial charge in [-0.25, -0.2) is 4.79 Å². The zero-order valence-corrected chi connectivity index (χ0v) is 16.0. The van der Waals surface area contributed by atoms with Crippen molar-refractivity contribution in [2.75, 3.05) is 6.61 Å². The zero-order chi connectivity index (χ0) is 21.9. The molecule has 1 heterocycles. The number of carbonyl (C=O) groups excluding carboxylic acids is 2. The van der Waals surface area contributed by atoms with E-state index in [4.69, 9.17) is 19.3 Å². The summed E-state index contributed by atoms with van der Waals surface area (Å²) in [7, 11) is 0. The minimum Gasteiger partial charge on any atom is -0.482 e. The predicted octanol–water partition coefficient (Wildman–Crippen LogP) is -1.44. The maximum Gasteiger partial charge on any atom is 0.350 e. The van der Waals surface area contributed by atoms with E-state index in [0.717, 1.165) is 6.08 Å². The van der Waals surface area contributed by atoms with Crippen molar-refractivity contribution in [3.05, 3.63) is 42.0 Å². The third kappa shape index (κ3) is 4.38. The lowest BCUT2D eigenvalue weighted by molar-refractivity contribution is -0.280. The van der Waals surface area contributed by atoms with Gasteiger partial charge in [0.25, 0.3) is 0 Å². The minimum atomic E-state index is -2.33.